The van der Waals surface area contributed by atoms with Gasteiger partial charge in [-0.3, -0.25) is 19.9 Å². The summed E-state index contributed by atoms with van der Waals surface area (Å²) < 4.78 is 8.80. The Labute approximate surface area is 207 Å². The summed E-state index contributed by atoms with van der Waals surface area (Å²) in [5.74, 6) is 1.23. The second kappa shape index (κ2) is 10.3. The normalized spacial score (nSPS) is 16.1. The van der Waals surface area contributed by atoms with Crippen molar-refractivity contribution in [3.05, 3.63) is 47.5 Å². The summed E-state index contributed by atoms with van der Waals surface area (Å²) in [7, 11) is 1.90. The molecule has 184 valence electrons. The number of rotatable bonds is 8. The van der Waals surface area contributed by atoms with E-state index in [1.807, 2.05) is 61.0 Å². The maximum absolute atomic E-state index is 12.6. The van der Waals surface area contributed by atoms with Crippen molar-refractivity contribution in [2.45, 2.75) is 13.0 Å². The molecule has 2 aromatic carbocycles. The summed E-state index contributed by atoms with van der Waals surface area (Å²) in [4.78, 5) is 25.9. The van der Waals surface area contributed by atoms with Gasteiger partial charge in [0.1, 0.15) is 18.5 Å². The number of anilines is 1. The number of aryl methyl sites for hydroxylation is 2. The average molecular weight is 495 g/mol. The molecule has 1 aliphatic heterocycles. The first-order chi connectivity index (χ1) is 16.9. The molecule has 4 aromatic rings. The Kier molecular flexibility index (Phi) is 6.96. The highest BCUT2D eigenvalue weighted by molar-refractivity contribution is 7.18. The van der Waals surface area contributed by atoms with E-state index in [9.17, 15) is 9.90 Å². The number of hydrogen-bond acceptors (Lipinski definition) is 8. The van der Waals surface area contributed by atoms with Gasteiger partial charge in [-0.05, 0) is 37.3 Å². The first-order valence-electron chi connectivity index (χ1n) is 11.8. The lowest BCUT2D eigenvalue weighted by molar-refractivity contribution is -0.117. The highest BCUT2D eigenvalue weighted by Crippen LogP contribution is 2.26. The number of nitrogens with zero attached hydrogens (tertiary/aromatic N) is 5. The Bertz CT molecular complexity index is 1330. The van der Waals surface area contributed by atoms with Crippen LogP contribution in [-0.2, 0) is 11.8 Å². The minimum Gasteiger partial charge on any atom is -0.491 e. The lowest BCUT2D eigenvalue weighted by Gasteiger charge is -2.35. The maximum Gasteiger partial charge on any atom is 0.240 e. The van der Waals surface area contributed by atoms with E-state index in [2.05, 4.69) is 25.1 Å². The summed E-state index contributed by atoms with van der Waals surface area (Å²) in [6.07, 6.45) is -0.582. The lowest BCUT2D eigenvalue weighted by atomic mass is 10.2. The third kappa shape index (κ3) is 5.62. The Morgan fingerprint density at radius 3 is 2.69 bits per heavy atom. The van der Waals surface area contributed by atoms with Crippen LogP contribution in [0.2, 0.25) is 0 Å². The van der Waals surface area contributed by atoms with Gasteiger partial charge in [0.2, 0.25) is 11.9 Å². The molecule has 3 heterocycles. The summed E-state index contributed by atoms with van der Waals surface area (Å²) in [6.45, 7) is 6.22. The number of carbonyl (C=O) groups excluding carboxylic acids is 1. The van der Waals surface area contributed by atoms with E-state index in [-0.39, 0.29) is 12.5 Å². The Balaban J connectivity index is 1.04. The van der Waals surface area contributed by atoms with Crippen molar-refractivity contribution in [2.24, 2.45) is 7.05 Å². The van der Waals surface area contributed by atoms with Gasteiger partial charge < -0.3 is 14.4 Å². The van der Waals surface area contributed by atoms with Gasteiger partial charge in [0, 0.05) is 39.8 Å². The molecule has 1 atom stereocenters. The predicted octanol–water partition coefficient (Wildman–Crippen LogP) is 2.49. The third-order valence-electron chi connectivity index (χ3n) is 6.25. The molecule has 0 radical (unpaired) electrons. The molecule has 35 heavy (non-hydrogen) atoms. The molecule has 2 aromatic heterocycles. The number of imidazole rings is 1. The van der Waals surface area contributed by atoms with Crippen LogP contribution in [0.25, 0.3) is 21.3 Å². The Morgan fingerprint density at radius 2 is 1.89 bits per heavy atom. The molecular weight excluding hydrogens is 464 g/mol. The predicted molar refractivity (Wildman–Crippen MR) is 138 cm³/mol. The van der Waals surface area contributed by atoms with E-state index < -0.39 is 6.10 Å². The van der Waals surface area contributed by atoms with Crippen LogP contribution in [0, 0.1) is 6.92 Å². The minimum absolute atomic E-state index is 0.0709. The number of β-amino-alcohol motifs (C(OH)–C–C–N with tert-alkyl or cyclic N) is 1. The van der Waals surface area contributed by atoms with Crippen molar-refractivity contribution >= 4 is 44.4 Å². The van der Waals surface area contributed by atoms with Crippen molar-refractivity contribution < 1.29 is 14.6 Å². The average Bonchev–Trinajstić information content (AvgIpc) is 3.37. The van der Waals surface area contributed by atoms with Gasteiger partial charge in [0.05, 0.1) is 32.8 Å². The number of piperazine rings is 1. The van der Waals surface area contributed by atoms with Crippen LogP contribution >= 0.6 is 11.3 Å². The van der Waals surface area contributed by atoms with Crippen molar-refractivity contribution in [1.29, 1.82) is 0 Å². The number of hydrogen-bond donors (Lipinski definition) is 2. The number of aliphatic hydroxyl groups is 1. The standard InChI is InChI=1S/C25H30N6O3S/c1-17-26-21-8-7-19(13-23(21)35-17)34-16-18(32)14-30-9-11-31(12-10-30)15-24(33)28-25-27-20-5-3-4-6-22(20)29(25)2/h3-8,13,18,32H,9-12,14-16H2,1-2H3,(H,27,28,33)/t18-/m1/s1. The smallest absolute Gasteiger partial charge is 0.240 e. The number of aromatic nitrogens is 3. The van der Waals surface area contributed by atoms with Crippen molar-refractivity contribution in [1.82, 2.24) is 24.3 Å². The Hall–Kier alpha value is -3.05. The summed E-state index contributed by atoms with van der Waals surface area (Å²) in [5.41, 5.74) is 2.82. The van der Waals surface area contributed by atoms with E-state index >= 15 is 0 Å². The van der Waals surface area contributed by atoms with Gasteiger partial charge in [0.15, 0.2) is 0 Å². The zero-order chi connectivity index (χ0) is 24.4. The Morgan fingerprint density at radius 1 is 1.11 bits per heavy atom. The van der Waals surface area contributed by atoms with Gasteiger partial charge in [-0.1, -0.05) is 12.1 Å². The first kappa shape index (κ1) is 23.7. The number of nitrogens with one attached hydrogen (secondary N) is 1. The largest absolute Gasteiger partial charge is 0.491 e. The molecule has 5 rings (SSSR count). The van der Waals surface area contributed by atoms with Crippen LogP contribution in [-0.4, -0.2) is 87.3 Å². The molecule has 0 unspecified atom stereocenters. The second-order valence-electron chi connectivity index (χ2n) is 8.94. The maximum atomic E-state index is 12.6. The summed E-state index contributed by atoms with van der Waals surface area (Å²) >= 11 is 1.64. The number of carbonyl (C=O) groups is 1. The van der Waals surface area contributed by atoms with Crippen molar-refractivity contribution in [3.8, 4) is 5.75 Å². The van der Waals surface area contributed by atoms with Crippen LogP contribution in [0.15, 0.2) is 42.5 Å². The topological polar surface area (TPSA) is 95.8 Å². The van der Waals surface area contributed by atoms with Crippen LogP contribution in [0.1, 0.15) is 5.01 Å². The highest BCUT2D eigenvalue weighted by Gasteiger charge is 2.22. The van der Waals surface area contributed by atoms with Gasteiger partial charge in [-0.15, -0.1) is 11.3 Å². The SMILES string of the molecule is Cc1nc2ccc(OC[C@H](O)CN3CCN(CC(=O)Nc4nc5ccccc5n4C)CC3)cc2s1. The number of ether oxygens (including phenoxy) is 1. The number of fused-ring (bicyclic) bond motifs is 2. The number of thiazole rings is 1. The zero-order valence-electron chi connectivity index (χ0n) is 20.0. The van der Waals surface area contributed by atoms with E-state index in [0.717, 1.165) is 58.2 Å². The van der Waals surface area contributed by atoms with Gasteiger partial charge in [-0.25, -0.2) is 9.97 Å². The number of benzene rings is 2. The van der Waals surface area contributed by atoms with E-state index in [4.69, 9.17) is 4.74 Å². The third-order valence-corrected chi connectivity index (χ3v) is 7.18. The molecule has 10 heteroatoms. The molecule has 1 aliphatic rings. The molecule has 2 N–H and O–H groups in total. The molecule has 0 saturated carbocycles. The highest BCUT2D eigenvalue weighted by atomic mass is 32.1. The monoisotopic (exact) mass is 494 g/mol. The molecule has 1 saturated heterocycles. The van der Waals surface area contributed by atoms with Gasteiger partial charge >= 0.3 is 0 Å². The minimum atomic E-state index is -0.582. The quantitative estimate of drug-likeness (QED) is 0.389. The van der Waals surface area contributed by atoms with E-state index in [0.29, 0.717) is 19.0 Å². The summed E-state index contributed by atoms with van der Waals surface area (Å²) in [5, 5.41) is 14.4. The number of aliphatic hydroxyl groups excluding tert-OH is 1. The van der Waals surface area contributed by atoms with E-state index in [1.165, 1.54) is 0 Å². The lowest BCUT2D eigenvalue weighted by Crippen LogP contribution is -2.50. The molecule has 0 bridgehead atoms. The molecule has 1 amide bonds. The zero-order valence-corrected chi connectivity index (χ0v) is 20.8. The molecule has 0 spiro atoms. The fourth-order valence-electron chi connectivity index (χ4n) is 4.41. The molecular formula is C25H30N6O3S. The van der Waals surface area contributed by atoms with Crippen LogP contribution < -0.4 is 10.1 Å². The number of para-hydroxylation sites is 2. The van der Waals surface area contributed by atoms with Crippen LogP contribution in [0.5, 0.6) is 5.75 Å². The summed E-state index contributed by atoms with van der Waals surface area (Å²) in [6, 6.07) is 13.6. The molecule has 1 fully saturated rings. The fourth-order valence-corrected chi connectivity index (χ4v) is 5.26. The van der Waals surface area contributed by atoms with Crippen LogP contribution in [0.4, 0.5) is 5.95 Å². The van der Waals surface area contributed by atoms with Gasteiger partial charge in [-0.2, -0.15) is 0 Å². The van der Waals surface area contributed by atoms with Crippen molar-refractivity contribution in [3.63, 3.8) is 0 Å². The fraction of sp³-hybridized carbons (Fsp3) is 0.400. The second-order valence-corrected chi connectivity index (χ2v) is 10.2. The molecule has 0 aliphatic carbocycles. The van der Waals surface area contributed by atoms with Crippen LogP contribution in [0.3, 0.4) is 0 Å². The van der Waals surface area contributed by atoms with Gasteiger partial charge in [0.25, 0.3) is 0 Å². The molecule has 9 nitrogen and oxygen atoms in total. The van der Waals surface area contributed by atoms with E-state index in [1.54, 1.807) is 11.3 Å². The van der Waals surface area contributed by atoms with Crippen molar-refractivity contribution in [2.75, 3.05) is 51.2 Å². The first-order valence-corrected chi connectivity index (χ1v) is 12.6. The number of amides is 1.